The van der Waals surface area contributed by atoms with Gasteiger partial charge in [-0.1, -0.05) is 64.7 Å². The Kier molecular flexibility index (Phi) is 14.0. The average molecular weight is 410 g/mol. The number of nitrogens with zero attached hydrogens (tertiary/aromatic N) is 1. The van der Waals surface area contributed by atoms with Crippen LogP contribution < -0.4 is 5.32 Å². The van der Waals surface area contributed by atoms with Crippen molar-refractivity contribution in [3.8, 4) is 0 Å². The molecule has 0 atom stereocenters. The van der Waals surface area contributed by atoms with Gasteiger partial charge in [0.2, 0.25) is 0 Å². The number of nitrogens with one attached hydrogen (secondary N) is 1. The largest absolute Gasteiger partial charge is 0.379 e. The maximum absolute atomic E-state index is 11.1. The van der Waals surface area contributed by atoms with Crippen LogP contribution in [0.3, 0.4) is 0 Å². The van der Waals surface area contributed by atoms with E-state index >= 15 is 0 Å². The van der Waals surface area contributed by atoms with Gasteiger partial charge in [-0.15, -0.1) is 0 Å². The third-order valence-corrected chi connectivity index (χ3v) is 5.16. The molecule has 0 saturated heterocycles. The summed E-state index contributed by atoms with van der Waals surface area (Å²) in [6, 6.07) is 3.34. The summed E-state index contributed by atoms with van der Waals surface area (Å²) in [5.74, 6) is 0. The van der Waals surface area contributed by atoms with Gasteiger partial charge in [-0.2, -0.15) is 8.42 Å². The Labute approximate surface area is 184 Å². The Morgan fingerprint density at radius 3 is 2.00 bits per heavy atom. The van der Waals surface area contributed by atoms with Crippen molar-refractivity contribution in [3.63, 3.8) is 0 Å². The second-order valence-electron chi connectivity index (χ2n) is 6.52. The molecule has 0 heterocycles. The molecule has 1 rings (SSSR count). The summed E-state index contributed by atoms with van der Waals surface area (Å²) in [7, 11) is -4.45. The topological polar surface area (TPSA) is 110 Å². The van der Waals surface area contributed by atoms with Crippen LogP contribution in [0.5, 0.6) is 0 Å². The van der Waals surface area contributed by atoms with E-state index in [2.05, 4.69) is 12.2 Å². The van der Waals surface area contributed by atoms with Crippen molar-refractivity contribution in [1.29, 1.82) is 0 Å². The van der Waals surface area contributed by atoms with E-state index in [4.69, 9.17) is 4.55 Å². The first kappa shape index (κ1) is 26.3. The SMILES string of the molecule is CCCCCCCCCCCCNc1ccc(S(=O)(=O)O)cc1[N+](=O)[O-].[Na]. The van der Waals surface area contributed by atoms with E-state index in [-0.39, 0.29) is 40.9 Å². The fourth-order valence-electron chi connectivity index (χ4n) is 2.81. The van der Waals surface area contributed by atoms with Crippen LogP contribution in [-0.4, -0.2) is 54.0 Å². The molecule has 0 unspecified atom stereocenters. The normalized spacial score (nSPS) is 11.0. The number of nitro groups is 1. The van der Waals surface area contributed by atoms with Gasteiger partial charge in [0, 0.05) is 42.2 Å². The van der Waals surface area contributed by atoms with Gasteiger partial charge < -0.3 is 5.32 Å². The molecule has 149 valence electrons. The Morgan fingerprint density at radius 1 is 1.00 bits per heavy atom. The maximum atomic E-state index is 11.1. The van der Waals surface area contributed by atoms with Crippen LogP contribution in [0, 0.1) is 10.1 Å². The first-order valence-electron chi connectivity index (χ1n) is 9.36. The van der Waals surface area contributed by atoms with Crippen molar-refractivity contribution in [3.05, 3.63) is 28.3 Å². The van der Waals surface area contributed by atoms with Gasteiger partial charge in [-0.3, -0.25) is 14.7 Å². The van der Waals surface area contributed by atoms with E-state index in [1.165, 1.54) is 51.0 Å². The summed E-state index contributed by atoms with van der Waals surface area (Å²) in [5, 5.41) is 14.1. The number of hydrogen-bond donors (Lipinski definition) is 2. The van der Waals surface area contributed by atoms with E-state index in [0.717, 1.165) is 31.4 Å². The molecule has 9 heteroatoms. The second-order valence-corrected chi connectivity index (χ2v) is 7.94. The molecule has 0 aliphatic rings. The molecule has 1 aromatic carbocycles. The van der Waals surface area contributed by atoms with Gasteiger partial charge in [0.05, 0.1) is 4.92 Å². The van der Waals surface area contributed by atoms with Gasteiger partial charge in [0.15, 0.2) is 0 Å². The van der Waals surface area contributed by atoms with E-state index < -0.39 is 19.9 Å². The summed E-state index contributed by atoms with van der Waals surface area (Å²) in [4.78, 5) is 9.96. The van der Waals surface area contributed by atoms with Crippen molar-refractivity contribution < 1.29 is 17.9 Å². The predicted molar refractivity (Wildman–Crippen MR) is 109 cm³/mol. The van der Waals surface area contributed by atoms with Crippen LogP contribution in [-0.2, 0) is 10.1 Å². The minimum atomic E-state index is -4.45. The number of anilines is 1. The van der Waals surface area contributed by atoms with Crippen molar-refractivity contribution >= 4 is 51.1 Å². The van der Waals surface area contributed by atoms with Crippen molar-refractivity contribution in [1.82, 2.24) is 0 Å². The third-order valence-electron chi connectivity index (χ3n) is 4.31. The Morgan fingerprint density at radius 2 is 1.52 bits per heavy atom. The van der Waals surface area contributed by atoms with Crippen molar-refractivity contribution in [2.75, 3.05) is 11.9 Å². The number of hydrogen-bond acceptors (Lipinski definition) is 5. The maximum Gasteiger partial charge on any atom is 0.294 e. The first-order chi connectivity index (χ1) is 12.4. The molecule has 0 aliphatic carbocycles. The van der Waals surface area contributed by atoms with Crippen molar-refractivity contribution in [2.24, 2.45) is 0 Å². The van der Waals surface area contributed by atoms with Crippen LogP contribution in [0.4, 0.5) is 11.4 Å². The first-order valence-corrected chi connectivity index (χ1v) is 10.8. The predicted octanol–water partition coefficient (Wildman–Crippen LogP) is 4.79. The fourth-order valence-corrected chi connectivity index (χ4v) is 3.31. The summed E-state index contributed by atoms with van der Waals surface area (Å²) in [6.07, 6.45) is 12.1. The number of rotatable bonds is 14. The molecule has 0 bridgehead atoms. The van der Waals surface area contributed by atoms with Gasteiger partial charge in [0.1, 0.15) is 10.6 Å². The van der Waals surface area contributed by atoms with E-state index in [1.807, 2.05) is 0 Å². The molecule has 0 saturated carbocycles. The molecule has 0 amide bonds. The third kappa shape index (κ3) is 11.0. The minimum Gasteiger partial charge on any atom is -0.379 e. The Bertz CT molecular complexity index is 668. The zero-order valence-electron chi connectivity index (χ0n) is 16.4. The number of unbranched alkanes of at least 4 members (excludes halogenated alkanes) is 9. The number of nitro benzene ring substituents is 1. The van der Waals surface area contributed by atoms with Gasteiger partial charge in [-0.25, -0.2) is 0 Å². The molecule has 7 nitrogen and oxygen atoms in total. The van der Waals surface area contributed by atoms with E-state index in [1.54, 1.807) is 0 Å². The zero-order chi connectivity index (χ0) is 19.4. The summed E-state index contributed by atoms with van der Waals surface area (Å²) < 4.78 is 31.2. The van der Waals surface area contributed by atoms with Crippen LogP contribution in [0.2, 0.25) is 0 Å². The molecular weight excluding hydrogens is 379 g/mol. The average Bonchev–Trinajstić information content (AvgIpc) is 2.58. The summed E-state index contributed by atoms with van der Waals surface area (Å²) >= 11 is 0. The van der Waals surface area contributed by atoms with Crippen LogP contribution in [0.15, 0.2) is 23.1 Å². The van der Waals surface area contributed by atoms with Crippen LogP contribution in [0.25, 0.3) is 0 Å². The van der Waals surface area contributed by atoms with Gasteiger partial charge in [0.25, 0.3) is 15.8 Å². The summed E-state index contributed by atoms with van der Waals surface area (Å²) in [6.45, 7) is 2.80. The monoisotopic (exact) mass is 409 g/mol. The minimum absolute atomic E-state index is 0. The molecule has 27 heavy (non-hydrogen) atoms. The number of benzene rings is 1. The van der Waals surface area contributed by atoms with Crippen LogP contribution in [0.1, 0.15) is 71.1 Å². The van der Waals surface area contributed by atoms with E-state index in [0.29, 0.717) is 6.54 Å². The molecule has 0 fully saturated rings. The van der Waals surface area contributed by atoms with Crippen molar-refractivity contribution in [2.45, 2.75) is 76.0 Å². The molecular formula is C18H30N2NaO5S. The quantitative estimate of drug-likeness (QED) is 0.150. The molecule has 1 radical (unpaired) electrons. The van der Waals surface area contributed by atoms with E-state index in [9.17, 15) is 18.5 Å². The molecule has 2 N–H and O–H groups in total. The van der Waals surface area contributed by atoms with Gasteiger partial charge >= 0.3 is 0 Å². The standard InChI is InChI=1S/C18H30N2O5S.Na/c1-2-3-4-5-6-7-8-9-10-11-14-19-17-13-12-16(26(23,24)25)15-18(17)20(21)22;/h12-13,15,19H,2-11,14H2,1H3,(H,23,24,25);. The smallest absolute Gasteiger partial charge is 0.294 e. The van der Waals surface area contributed by atoms with Gasteiger partial charge in [-0.05, 0) is 18.6 Å². The molecule has 0 aliphatic heterocycles. The van der Waals surface area contributed by atoms with Crippen LogP contribution >= 0.6 is 0 Å². The Balaban J connectivity index is 0.00000676. The second kappa shape index (κ2) is 14.3. The fraction of sp³-hybridized carbons (Fsp3) is 0.667. The molecule has 1 aromatic rings. The molecule has 0 spiro atoms. The zero-order valence-corrected chi connectivity index (χ0v) is 19.3. The Hall–Kier alpha value is -0.670. The molecule has 0 aromatic heterocycles. The summed E-state index contributed by atoms with van der Waals surface area (Å²) in [5.41, 5.74) is -0.0921.